The standard InChI is InChI=1S/C20H25ClN4S/c1-4-13-25(5-2)17-11-9-16(10-12-17)14-22-24-20(26)23-19-8-6-7-18(21)15(19)3/h6-12,14H,4-5,13H2,1-3H3,(H2,23,24,26). The number of thiocarbonyl (C=S) groups is 1. The lowest BCUT2D eigenvalue weighted by Gasteiger charge is -2.22. The van der Waals surface area contributed by atoms with Crippen LogP contribution in [0.5, 0.6) is 0 Å². The van der Waals surface area contributed by atoms with Gasteiger partial charge < -0.3 is 10.2 Å². The highest BCUT2D eigenvalue weighted by atomic mass is 35.5. The maximum Gasteiger partial charge on any atom is 0.191 e. The van der Waals surface area contributed by atoms with E-state index in [1.165, 1.54) is 5.69 Å². The van der Waals surface area contributed by atoms with Crippen molar-refractivity contribution in [2.75, 3.05) is 23.3 Å². The van der Waals surface area contributed by atoms with Crippen molar-refractivity contribution in [1.29, 1.82) is 0 Å². The lowest BCUT2D eigenvalue weighted by atomic mass is 10.2. The first kappa shape index (κ1) is 20.2. The van der Waals surface area contributed by atoms with Gasteiger partial charge in [0.15, 0.2) is 5.11 Å². The minimum Gasteiger partial charge on any atom is -0.372 e. The van der Waals surface area contributed by atoms with Crippen LogP contribution in [0.2, 0.25) is 5.02 Å². The molecular formula is C20H25ClN4S. The van der Waals surface area contributed by atoms with Gasteiger partial charge in [-0.25, -0.2) is 0 Å². The van der Waals surface area contributed by atoms with E-state index in [4.69, 9.17) is 23.8 Å². The van der Waals surface area contributed by atoms with Crippen molar-refractivity contribution in [3.8, 4) is 0 Å². The van der Waals surface area contributed by atoms with Crippen molar-refractivity contribution in [3.05, 3.63) is 58.6 Å². The SMILES string of the molecule is CCCN(CC)c1ccc(C=NNC(=S)Nc2cccc(Cl)c2C)cc1. The number of anilines is 2. The summed E-state index contributed by atoms with van der Waals surface area (Å²) in [6.45, 7) is 8.37. The van der Waals surface area contributed by atoms with Gasteiger partial charge in [-0.15, -0.1) is 0 Å². The number of halogens is 1. The van der Waals surface area contributed by atoms with Gasteiger partial charge in [-0.3, -0.25) is 5.43 Å². The van der Waals surface area contributed by atoms with Gasteiger partial charge in [0.25, 0.3) is 0 Å². The molecule has 0 aliphatic carbocycles. The average Bonchev–Trinajstić information content (AvgIpc) is 2.64. The Morgan fingerprint density at radius 1 is 1.19 bits per heavy atom. The van der Waals surface area contributed by atoms with Crippen LogP contribution in [-0.4, -0.2) is 24.4 Å². The molecule has 0 saturated carbocycles. The van der Waals surface area contributed by atoms with E-state index in [2.05, 4.69) is 58.9 Å². The van der Waals surface area contributed by atoms with Crippen molar-refractivity contribution in [2.24, 2.45) is 5.10 Å². The lowest BCUT2D eigenvalue weighted by molar-refractivity contribution is 0.792. The van der Waals surface area contributed by atoms with E-state index >= 15 is 0 Å². The van der Waals surface area contributed by atoms with Crippen LogP contribution in [0.1, 0.15) is 31.4 Å². The minimum atomic E-state index is 0.420. The normalized spacial score (nSPS) is 10.8. The molecule has 0 bridgehead atoms. The highest BCUT2D eigenvalue weighted by molar-refractivity contribution is 7.80. The third-order valence-electron chi connectivity index (χ3n) is 4.03. The summed E-state index contributed by atoms with van der Waals surface area (Å²) < 4.78 is 0. The van der Waals surface area contributed by atoms with Crippen LogP contribution >= 0.6 is 23.8 Å². The highest BCUT2D eigenvalue weighted by Crippen LogP contribution is 2.22. The van der Waals surface area contributed by atoms with Gasteiger partial charge in [-0.05, 0) is 67.9 Å². The second-order valence-corrected chi connectivity index (χ2v) is 6.72. The number of hydrogen-bond acceptors (Lipinski definition) is 3. The van der Waals surface area contributed by atoms with E-state index in [0.29, 0.717) is 10.1 Å². The predicted molar refractivity (Wildman–Crippen MR) is 118 cm³/mol. The number of hydrazone groups is 1. The van der Waals surface area contributed by atoms with Crippen molar-refractivity contribution >= 4 is 46.5 Å². The number of benzene rings is 2. The van der Waals surface area contributed by atoms with Crippen LogP contribution in [0.4, 0.5) is 11.4 Å². The summed E-state index contributed by atoms with van der Waals surface area (Å²) in [5, 5.41) is 8.41. The summed E-state index contributed by atoms with van der Waals surface area (Å²) in [7, 11) is 0. The molecule has 2 aromatic carbocycles. The molecule has 0 saturated heterocycles. The van der Waals surface area contributed by atoms with Crippen molar-refractivity contribution in [1.82, 2.24) is 5.43 Å². The fraction of sp³-hybridized carbons (Fsp3) is 0.300. The minimum absolute atomic E-state index is 0.420. The summed E-state index contributed by atoms with van der Waals surface area (Å²) in [5.74, 6) is 0. The summed E-state index contributed by atoms with van der Waals surface area (Å²) in [4.78, 5) is 2.35. The Balaban J connectivity index is 1.91. The van der Waals surface area contributed by atoms with Crippen LogP contribution in [0.3, 0.4) is 0 Å². The Bertz CT molecular complexity index is 759. The van der Waals surface area contributed by atoms with Gasteiger partial charge in [-0.1, -0.05) is 36.7 Å². The maximum absolute atomic E-state index is 6.11. The third kappa shape index (κ3) is 5.71. The molecule has 0 unspecified atom stereocenters. The molecule has 138 valence electrons. The Kier molecular flexibility index (Phi) is 7.88. The first-order valence-corrected chi connectivity index (χ1v) is 9.54. The predicted octanol–water partition coefficient (Wildman–Crippen LogP) is 5.21. The molecule has 0 atom stereocenters. The van der Waals surface area contributed by atoms with Gasteiger partial charge in [0, 0.05) is 29.5 Å². The number of rotatable bonds is 7. The zero-order valence-corrected chi connectivity index (χ0v) is 17.0. The molecule has 0 fully saturated rings. The van der Waals surface area contributed by atoms with Crippen LogP contribution in [0.15, 0.2) is 47.6 Å². The zero-order chi connectivity index (χ0) is 18.9. The molecule has 2 rings (SSSR count). The molecule has 0 aromatic heterocycles. The molecule has 0 amide bonds. The monoisotopic (exact) mass is 388 g/mol. The van der Waals surface area contributed by atoms with Crippen LogP contribution < -0.4 is 15.6 Å². The van der Waals surface area contributed by atoms with Crippen LogP contribution in [-0.2, 0) is 0 Å². The molecule has 0 aliphatic heterocycles. The van der Waals surface area contributed by atoms with Gasteiger partial charge in [0.1, 0.15) is 0 Å². The molecule has 0 heterocycles. The molecule has 2 aromatic rings. The van der Waals surface area contributed by atoms with Gasteiger partial charge in [0.2, 0.25) is 0 Å². The van der Waals surface area contributed by atoms with E-state index in [1.807, 2.05) is 25.1 Å². The highest BCUT2D eigenvalue weighted by Gasteiger charge is 2.04. The smallest absolute Gasteiger partial charge is 0.191 e. The van der Waals surface area contributed by atoms with E-state index in [0.717, 1.165) is 36.3 Å². The van der Waals surface area contributed by atoms with E-state index < -0.39 is 0 Å². The molecule has 0 radical (unpaired) electrons. The number of nitrogens with one attached hydrogen (secondary N) is 2. The fourth-order valence-electron chi connectivity index (χ4n) is 2.57. The lowest BCUT2D eigenvalue weighted by Crippen LogP contribution is -2.24. The van der Waals surface area contributed by atoms with Crippen molar-refractivity contribution in [2.45, 2.75) is 27.2 Å². The average molecular weight is 389 g/mol. The summed E-state index contributed by atoms with van der Waals surface area (Å²) in [5.41, 5.74) is 6.89. The van der Waals surface area contributed by atoms with Crippen LogP contribution in [0.25, 0.3) is 0 Å². The third-order valence-corrected chi connectivity index (χ3v) is 4.63. The second kappa shape index (κ2) is 10.1. The molecule has 0 aliphatic rings. The first-order valence-electron chi connectivity index (χ1n) is 8.75. The van der Waals surface area contributed by atoms with E-state index in [-0.39, 0.29) is 0 Å². The summed E-state index contributed by atoms with van der Waals surface area (Å²) in [6, 6.07) is 14.0. The Labute approximate surface area is 166 Å². The second-order valence-electron chi connectivity index (χ2n) is 5.91. The zero-order valence-electron chi connectivity index (χ0n) is 15.4. The number of nitrogens with zero attached hydrogens (tertiary/aromatic N) is 2. The van der Waals surface area contributed by atoms with Crippen molar-refractivity contribution < 1.29 is 0 Å². The fourth-order valence-corrected chi connectivity index (χ4v) is 2.91. The quantitative estimate of drug-likeness (QED) is 0.388. The first-order chi connectivity index (χ1) is 12.5. The molecule has 26 heavy (non-hydrogen) atoms. The topological polar surface area (TPSA) is 39.7 Å². The molecular weight excluding hydrogens is 364 g/mol. The maximum atomic E-state index is 6.11. The van der Waals surface area contributed by atoms with E-state index in [1.54, 1.807) is 6.21 Å². The molecule has 4 nitrogen and oxygen atoms in total. The molecule has 6 heteroatoms. The largest absolute Gasteiger partial charge is 0.372 e. The van der Waals surface area contributed by atoms with Gasteiger partial charge >= 0.3 is 0 Å². The summed E-state index contributed by atoms with van der Waals surface area (Å²) >= 11 is 11.4. The Morgan fingerprint density at radius 2 is 1.92 bits per heavy atom. The van der Waals surface area contributed by atoms with Gasteiger partial charge in [-0.2, -0.15) is 5.10 Å². The number of hydrogen-bond donors (Lipinski definition) is 2. The molecule has 0 spiro atoms. The van der Waals surface area contributed by atoms with E-state index in [9.17, 15) is 0 Å². The Morgan fingerprint density at radius 3 is 2.58 bits per heavy atom. The van der Waals surface area contributed by atoms with Crippen molar-refractivity contribution in [3.63, 3.8) is 0 Å². The summed E-state index contributed by atoms with van der Waals surface area (Å²) in [6.07, 6.45) is 2.89. The van der Waals surface area contributed by atoms with Crippen LogP contribution in [0, 0.1) is 6.92 Å². The molecule has 2 N–H and O–H groups in total. The van der Waals surface area contributed by atoms with Gasteiger partial charge in [0.05, 0.1) is 6.21 Å². The Hall–Kier alpha value is -2.11.